The molecule has 0 aromatic carbocycles. The molecule has 3 N–H and O–H groups in total. The first-order valence-corrected chi connectivity index (χ1v) is 5.46. The van der Waals surface area contributed by atoms with Gasteiger partial charge in [-0.2, -0.15) is 0 Å². The van der Waals surface area contributed by atoms with Crippen LogP contribution in [0.1, 0.15) is 32.4 Å². The van der Waals surface area contributed by atoms with Crippen LogP contribution in [0.3, 0.4) is 0 Å². The Kier molecular flexibility index (Phi) is 4.85. The van der Waals surface area contributed by atoms with Gasteiger partial charge in [-0.3, -0.25) is 4.79 Å². The molecule has 0 aliphatic heterocycles. The smallest absolute Gasteiger partial charge is 0.224 e. The van der Waals surface area contributed by atoms with Crippen molar-refractivity contribution in [2.45, 2.75) is 33.2 Å². The van der Waals surface area contributed by atoms with E-state index in [9.17, 15) is 4.79 Å². The van der Waals surface area contributed by atoms with Gasteiger partial charge in [0.1, 0.15) is 6.33 Å². The van der Waals surface area contributed by atoms with Crippen LogP contribution in [0.15, 0.2) is 12.5 Å². The summed E-state index contributed by atoms with van der Waals surface area (Å²) in [5, 5.41) is 2.78. The summed E-state index contributed by atoms with van der Waals surface area (Å²) in [5.74, 6) is 0.366. The summed E-state index contributed by atoms with van der Waals surface area (Å²) in [6.45, 7) is 4.40. The van der Waals surface area contributed by atoms with E-state index in [1.54, 1.807) is 6.20 Å². The maximum atomic E-state index is 11.6. The Bertz CT molecular complexity index is 354. The second-order valence-corrected chi connectivity index (χ2v) is 3.85. The zero-order valence-electron chi connectivity index (χ0n) is 9.73. The fraction of sp³-hybridized carbons (Fsp3) is 0.545. The minimum atomic E-state index is -0.0150. The number of nitrogens with two attached hydrogens (primary N) is 1. The van der Waals surface area contributed by atoms with Crippen LogP contribution in [0.4, 0.5) is 5.69 Å². The van der Waals surface area contributed by atoms with E-state index in [2.05, 4.69) is 22.2 Å². The van der Waals surface area contributed by atoms with E-state index in [1.807, 2.05) is 6.92 Å². The van der Waals surface area contributed by atoms with Crippen molar-refractivity contribution in [1.29, 1.82) is 0 Å². The first kappa shape index (κ1) is 12.6. The molecule has 0 saturated heterocycles. The minimum Gasteiger partial charge on any atom is -0.325 e. The predicted molar refractivity (Wildman–Crippen MR) is 62.6 cm³/mol. The molecule has 1 amide bonds. The highest BCUT2D eigenvalue weighted by atomic mass is 16.1. The van der Waals surface area contributed by atoms with Crippen LogP contribution in [0.5, 0.6) is 0 Å². The van der Waals surface area contributed by atoms with Gasteiger partial charge in [0.2, 0.25) is 5.91 Å². The molecule has 88 valence electrons. The maximum absolute atomic E-state index is 11.6. The zero-order chi connectivity index (χ0) is 12.0. The van der Waals surface area contributed by atoms with Gasteiger partial charge in [-0.05, 0) is 5.92 Å². The first-order valence-electron chi connectivity index (χ1n) is 5.46. The molecular weight excluding hydrogens is 204 g/mol. The number of hydrogen-bond acceptors (Lipinski definition) is 4. The Labute approximate surface area is 95.5 Å². The van der Waals surface area contributed by atoms with Crippen molar-refractivity contribution in [3.63, 3.8) is 0 Å². The van der Waals surface area contributed by atoms with Gasteiger partial charge in [-0.25, -0.2) is 9.97 Å². The third kappa shape index (κ3) is 3.58. The number of nitrogens with one attached hydrogen (secondary N) is 1. The topological polar surface area (TPSA) is 80.9 Å². The van der Waals surface area contributed by atoms with Gasteiger partial charge < -0.3 is 11.1 Å². The highest BCUT2D eigenvalue weighted by Crippen LogP contribution is 2.12. The fourth-order valence-corrected chi connectivity index (χ4v) is 1.28. The molecule has 0 fully saturated rings. The summed E-state index contributed by atoms with van der Waals surface area (Å²) in [7, 11) is 0. The summed E-state index contributed by atoms with van der Waals surface area (Å²) in [6, 6.07) is 0. The van der Waals surface area contributed by atoms with Crippen LogP contribution >= 0.6 is 0 Å². The van der Waals surface area contributed by atoms with Crippen molar-refractivity contribution in [3.05, 3.63) is 18.2 Å². The predicted octanol–water partition coefficient (Wildman–Crippen LogP) is 1.31. The summed E-state index contributed by atoms with van der Waals surface area (Å²) < 4.78 is 0. The maximum Gasteiger partial charge on any atom is 0.224 e. The highest BCUT2D eigenvalue weighted by Gasteiger charge is 2.10. The highest BCUT2D eigenvalue weighted by molar-refractivity contribution is 5.91. The molecule has 5 nitrogen and oxygen atoms in total. The minimum absolute atomic E-state index is 0.0150. The van der Waals surface area contributed by atoms with Crippen LogP contribution < -0.4 is 11.1 Å². The third-order valence-corrected chi connectivity index (χ3v) is 2.49. The summed E-state index contributed by atoms with van der Waals surface area (Å²) >= 11 is 0. The number of hydrogen-bond donors (Lipinski definition) is 2. The van der Waals surface area contributed by atoms with Gasteiger partial charge in [-0.1, -0.05) is 20.3 Å². The van der Waals surface area contributed by atoms with Crippen LogP contribution in [0.2, 0.25) is 0 Å². The standard InChI is InChI=1S/C11H18N4O/c1-3-8(2)4-11(16)15-10-6-13-7-14-9(10)5-12/h6-8H,3-5,12H2,1-2H3,(H,15,16). The van der Waals surface area contributed by atoms with E-state index in [0.29, 0.717) is 30.3 Å². The van der Waals surface area contributed by atoms with Crippen molar-refractivity contribution in [3.8, 4) is 0 Å². The molecule has 0 aliphatic rings. The van der Waals surface area contributed by atoms with Gasteiger partial charge in [0.15, 0.2) is 0 Å². The molecule has 0 radical (unpaired) electrons. The number of carbonyl (C=O) groups is 1. The molecule has 1 aromatic rings. The summed E-state index contributed by atoms with van der Waals surface area (Å²) in [4.78, 5) is 19.5. The Morgan fingerprint density at radius 3 is 3.00 bits per heavy atom. The number of carbonyl (C=O) groups excluding carboxylic acids is 1. The summed E-state index contributed by atoms with van der Waals surface area (Å²) in [6.07, 6.45) is 4.49. The molecule has 1 heterocycles. The second kappa shape index (κ2) is 6.17. The Hall–Kier alpha value is -1.49. The van der Waals surface area contributed by atoms with E-state index < -0.39 is 0 Å². The lowest BCUT2D eigenvalue weighted by atomic mass is 10.1. The lowest BCUT2D eigenvalue weighted by molar-refractivity contribution is -0.117. The molecule has 0 bridgehead atoms. The van der Waals surface area contributed by atoms with Crippen molar-refractivity contribution in [1.82, 2.24) is 9.97 Å². The molecule has 0 saturated carbocycles. The molecule has 16 heavy (non-hydrogen) atoms. The van der Waals surface area contributed by atoms with E-state index in [4.69, 9.17) is 5.73 Å². The SMILES string of the molecule is CCC(C)CC(=O)Nc1cncnc1CN. The molecule has 5 heteroatoms. The molecule has 1 atom stereocenters. The summed E-state index contributed by atoms with van der Waals surface area (Å²) in [5.41, 5.74) is 6.78. The lowest BCUT2D eigenvalue weighted by Gasteiger charge is -2.10. The average Bonchev–Trinajstić information content (AvgIpc) is 2.29. The van der Waals surface area contributed by atoms with Crippen LogP contribution in [0, 0.1) is 5.92 Å². The van der Waals surface area contributed by atoms with Crippen molar-refractivity contribution >= 4 is 11.6 Å². The fourth-order valence-electron chi connectivity index (χ4n) is 1.28. The van der Waals surface area contributed by atoms with Crippen molar-refractivity contribution < 1.29 is 4.79 Å². The Balaban J connectivity index is 2.62. The number of anilines is 1. The van der Waals surface area contributed by atoms with Crippen molar-refractivity contribution in [2.24, 2.45) is 11.7 Å². The van der Waals surface area contributed by atoms with Gasteiger partial charge >= 0.3 is 0 Å². The van der Waals surface area contributed by atoms with E-state index in [-0.39, 0.29) is 5.91 Å². The van der Waals surface area contributed by atoms with Crippen LogP contribution in [-0.2, 0) is 11.3 Å². The number of amides is 1. The van der Waals surface area contributed by atoms with Crippen LogP contribution in [-0.4, -0.2) is 15.9 Å². The van der Waals surface area contributed by atoms with E-state index >= 15 is 0 Å². The number of aromatic nitrogens is 2. The molecule has 1 unspecified atom stereocenters. The largest absolute Gasteiger partial charge is 0.325 e. The number of rotatable bonds is 5. The van der Waals surface area contributed by atoms with Crippen LogP contribution in [0.25, 0.3) is 0 Å². The Morgan fingerprint density at radius 1 is 1.62 bits per heavy atom. The van der Waals surface area contributed by atoms with E-state index in [1.165, 1.54) is 6.33 Å². The second-order valence-electron chi connectivity index (χ2n) is 3.85. The molecule has 1 aromatic heterocycles. The van der Waals surface area contributed by atoms with Gasteiger partial charge in [0.25, 0.3) is 0 Å². The first-order chi connectivity index (χ1) is 7.67. The molecule has 0 aliphatic carbocycles. The average molecular weight is 222 g/mol. The van der Waals surface area contributed by atoms with Gasteiger partial charge in [0.05, 0.1) is 17.6 Å². The molecule has 0 spiro atoms. The van der Waals surface area contributed by atoms with E-state index in [0.717, 1.165) is 6.42 Å². The van der Waals surface area contributed by atoms with Crippen molar-refractivity contribution in [2.75, 3.05) is 5.32 Å². The molecule has 1 rings (SSSR count). The van der Waals surface area contributed by atoms with Gasteiger partial charge in [-0.15, -0.1) is 0 Å². The lowest BCUT2D eigenvalue weighted by Crippen LogP contribution is -2.17. The monoisotopic (exact) mass is 222 g/mol. The van der Waals surface area contributed by atoms with Gasteiger partial charge in [0, 0.05) is 13.0 Å². The normalized spacial score (nSPS) is 12.2. The molecular formula is C11H18N4O. The quantitative estimate of drug-likeness (QED) is 0.787. The Morgan fingerprint density at radius 2 is 2.38 bits per heavy atom. The number of nitrogens with zero attached hydrogens (tertiary/aromatic N) is 2. The third-order valence-electron chi connectivity index (χ3n) is 2.49. The zero-order valence-corrected chi connectivity index (χ0v) is 9.73.